The normalized spacial score (nSPS) is 10.9. The van der Waals surface area contributed by atoms with Crippen molar-refractivity contribution in [1.82, 2.24) is 14.6 Å². The molecule has 0 fully saturated rings. The molecule has 0 spiro atoms. The van der Waals surface area contributed by atoms with E-state index in [4.69, 9.17) is 7.85 Å². The van der Waals surface area contributed by atoms with E-state index in [1.807, 2.05) is 36.4 Å². The van der Waals surface area contributed by atoms with E-state index >= 15 is 0 Å². The Balaban J connectivity index is 1.72. The van der Waals surface area contributed by atoms with Gasteiger partial charge >= 0.3 is 0 Å². The first-order chi connectivity index (χ1) is 12.2. The van der Waals surface area contributed by atoms with Crippen molar-refractivity contribution in [2.75, 3.05) is 5.32 Å². The molecular weight excluding hydrogens is 313 g/mol. The van der Waals surface area contributed by atoms with Gasteiger partial charge in [-0.2, -0.15) is 14.3 Å². The van der Waals surface area contributed by atoms with Crippen LogP contribution in [0.25, 0.3) is 16.9 Å². The molecule has 0 bridgehead atoms. The zero-order valence-corrected chi connectivity index (χ0v) is 13.3. The van der Waals surface area contributed by atoms with E-state index in [9.17, 15) is 5.21 Å². The maximum atomic E-state index is 11.1. The molecule has 2 radical (unpaired) electrons. The molecular formula is C18H14BN5O. The summed E-state index contributed by atoms with van der Waals surface area (Å²) in [7, 11) is 6.00. The second-order valence-electron chi connectivity index (χ2n) is 5.65. The number of nitrogens with zero attached hydrogens (tertiary/aromatic N) is 4. The van der Waals surface area contributed by atoms with Gasteiger partial charge in [-0.25, -0.2) is 4.98 Å². The molecule has 0 aliphatic rings. The Morgan fingerprint density at radius 2 is 1.88 bits per heavy atom. The Hall–Kier alpha value is -3.35. The van der Waals surface area contributed by atoms with Crippen LogP contribution < -0.4 is 15.5 Å². The predicted octanol–water partition coefficient (Wildman–Crippen LogP) is 1.44. The summed E-state index contributed by atoms with van der Waals surface area (Å²) in [6.07, 6.45) is 4.53. The second-order valence-corrected chi connectivity index (χ2v) is 5.65. The van der Waals surface area contributed by atoms with E-state index in [0.29, 0.717) is 17.7 Å². The number of hydrogen-bond acceptors (Lipinski definition) is 4. The molecule has 0 atom stereocenters. The van der Waals surface area contributed by atoms with Crippen LogP contribution in [0.3, 0.4) is 0 Å². The topological polar surface area (TPSA) is 69.2 Å². The molecule has 4 rings (SSSR count). The zero-order valence-electron chi connectivity index (χ0n) is 13.3. The van der Waals surface area contributed by atoms with Crippen LogP contribution in [0.1, 0.15) is 5.56 Å². The highest BCUT2D eigenvalue weighted by Crippen LogP contribution is 2.21. The summed E-state index contributed by atoms with van der Waals surface area (Å²) in [5, 5.41) is 18.8. The highest BCUT2D eigenvalue weighted by molar-refractivity contribution is 6.36. The fraction of sp³-hybridized carbons (Fsp3) is 0.0556. The van der Waals surface area contributed by atoms with E-state index in [1.54, 1.807) is 22.8 Å². The average molecular weight is 327 g/mol. The van der Waals surface area contributed by atoms with Gasteiger partial charge in [-0.1, -0.05) is 30.3 Å². The minimum absolute atomic E-state index is 0.521. The first-order valence-electron chi connectivity index (χ1n) is 7.82. The molecule has 0 saturated heterocycles. The quantitative estimate of drug-likeness (QED) is 0.350. The molecule has 0 amide bonds. The van der Waals surface area contributed by atoms with Gasteiger partial charge in [0, 0.05) is 36.5 Å². The van der Waals surface area contributed by atoms with Crippen molar-refractivity contribution in [2.24, 2.45) is 0 Å². The van der Waals surface area contributed by atoms with Gasteiger partial charge < -0.3 is 10.5 Å². The lowest BCUT2D eigenvalue weighted by Gasteiger charge is -2.11. The van der Waals surface area contributed by atoms with E-state index in [0.717, 1.165) is 27.4 Å². The lowest BCUT2D eigenvalue weighted by atomic mass is 10.0. The van der Waals surface area contributed by atoms with Crippen molar-refractivity contribution in [1.29, 1.82) is 0 Å². The van der Waals surface area contributed by atoms with Crippen LogP contribution in [0.15, 0.2) is 67.1 Å². The Morgan fingerprint density at radius 3 is 2.64 bits per heavy atom. The molecule has 3 heterocycles. The molecule has 25 heavy (non-hydrogen) atoms. The number of benzene rings is 1. The number of hydrogen-bond donors (Lipinski definition) is 1. The van der Waals surface area contributed by atoms with Gasteiger partial charge in [0.1, 0.15) is 13.7 Å². The Morgan fingerprint density at radius 1 is 1.12 bits per heavy atom. The number of pyridine rings is 1. The van der Waals surface area contributed by atoms with Crippen LogP contribution in [0.5, 0.6) is 0 Å². The van der Waals surface area contributed by atoms with Crippen LogP contribution >= 0.6 is 0 Å². The Kier molecular flexibility index (Phi) is 3.82. The van der Waals surface area contributed by atoms with Crippen molar-refractivity contribution < 1.29 is 4.73 Å². The van der Waals surface area contributed by atoms with Crippen LogP contribution in [-0.2, 0) is 6.54 Å². The molecule has 0 aliphatic carbocycles. The van der Waals surface area contributed by atoms with Crippen molar-refractivity contribution in [3.05, 3.63) is 77.9 Å². The molecule has 7 heteroatoms. The first-order valence-corrected chi connectivity index (χ1v) is 7.82. The van der Waals surface area contributed by atoms with Gasteiger partial charge in [0.2, 0.25) is 0 Å². The SMILES string of the molecule is [B]c1cnn2c(NCc3cc[n+]([O-])cc3)cc(-c3ccccc3)nc12. The fourth-order valence-electron chi connectivity index (χ4n) is 2.62. The molecule has 4 aromatic rings. The highest BCUT2D eigenvalue weighted by Gasteiger charge is 2.10. The summed E-state index contributed by atoms with van der Waals surface area (Å²) in [6, 6.07) is 15.4. The third-order valence-electron chi connectivity index (χ3n) is 3.91. The minimum atomic E-state index is 0.521. The highest BCUT2D eigenvalue weighted by atomic mass is 16.5. The lowest BCUT2D eigenvalue weighted by molar-refractivity contribution is -0.605. The molecule has 3 aromatic heterocycles. The van der Waals surface area contributed by atoms with Crippen molar-refractivity contribution >= 4 is 24.8 Å². The third kappa shape index (κ3) is 3.04. The van der Waals surface area contributed by atoms with Gasteiger partial charge in [0.05, 0.1) is 5.69 Å². The molecule has 6 nitrogen and oxygen atoms in total. The van der Waals surface area contributed by atoms with Crippen LogP contribution in [0.2, 0.25) is 0 Å². The largest absolute Gasteiger partial charge is 0.619 e. The number of fused-ring (bicyclic) bond motifs is 1. The summed E-state index contributed by atoms with van der Waals surface area (Å²) >= 11 is 0. The summed E-state index contributed by atoms with van der Waals surface area (Å²) in [6.45, 7) is 0.550. The van der Waals surface area contributed by atoms with Gasteiger partial charge in [-0.15, -0.1) is 0 Å². The lowest BCUT2D eigenvalue weighted by Crippen LogP contribution is -2.24. The Bertz CT molecular complexity index is 1020. The number of anilines is 1. The number of nitrogens with one attached hydrogen (secondary N) is 1. The Labute approximate surface area is 145 Å². The summed E-state index contributed by atoms with van der Waals surface area (Å²) < 4.78 is 2.44. The van der Waals surface area contributed by atoms with Gasteiger partial charge in [0.25, 0.3) is 0 Å². The van der Waals surface area contributed by atoms with E-state index in [-0.39, 0.29) is 0 Å². The predicted molar refractivity (Wildman–Crippen MR) is 96.5 cm³/mol. The maximum absolute atomic E-state index is 11.1. The molecule has 1 aromatic carbocycles. The zero-order chi connectivity index (χ0) is 17.2. The summed E-state index contributed by atoms with van der Waals surface area (Å²) in [5.41, 5.74) is 3.93. The monoisotopic (exact) mass is 327 g/mol. The third-order valence-corrected chi connectivity index (χ3v) is 3.91. The molecule has 0 unspecified atom stereocenters. The molecule has 0 aliphatic heterocycles. The molecule has 1 N–H and O–H groups in total. The number of rotatable bonds is 4. The summed E-state index contributed by atoms with van der Waals surface area (Å²) in [5.74, 6) is 0.777. The molecule has 120 valence electrons. The van der Waals surface area contributed by atoms with Crippen molar-refractivity contribution in [3.63, 3.8) is 0 Å². The van der Waals surface area contributed by atoms with E-state index in [2.05, 4.69) is 15.4 Å². The van der Waals surface area contributed by atoms with Crippen molar-refractivity contribution in [3.8, 4) is 11.3 Å². The smallest absolute Gasteiger partial charge is 0.180 e. The maximum Gasteiger partial charge on any atom is 0.180 e. The second kappa shape index (κ2) is 6.28. The van der Waals surface area contributed by atoms with Gasteiger partial charge in [-0.05, 0) is 11.0 Å². The molecule has 0 saturated carbocycles. The summed E-state index contributed by atoms with van der Waals surface area (Å²) in [4.78, 5) is 4.62. The first kappa shape index (κ1) is 15.2. The standard InChI is InChI=1S/C18H14BN5O/c19-15-12-21-24-17(20-11-13-6-8-23(25)9-7-13)10-16(22-18(15)24)14-4-2-1-3-5-14/h1-10,12,20H,11H2. The minimum Gasteiger partial charge on any atom is -0.619 e. The number of aromatic nitrogens is 4. The van der Waals surface area contributed by atoms with Crippen LogP contribution in [-0.4, -0.2) is 22.4 Å². The van der Waals surface area contributed by atoms with Crippen molar-refractivity contribution in [2.45, 2.75) is 6.54 Å². The van der Waals surface area contributed by atoms with Crippen LogP contribution in [0.4, 0.5) is 5.82 Å². The average Bonchev–Trinajstić information content (AvgIpc) is 3.03. The van der Waals surface area contributed by atoms with E-state index in [1.165, 1.54) is 12.4 Å². The van der Waals surface area contributed by atoms with Gasteiger partial charge in [-0.3, -0.25) is 0 Å². The van der Waals surface area contributed by atoms with E-state index < -0.39 is 0 Å². The van der Waals surface area contributed by atoms with Crippen LogP contribution in [0, 0.1) is 5.21 Å². The fourth-order valence-corrected chi connectivity index (χ4v) is 2.62. The van der Waals surface area contributed by atoms with Gasteiger partial charge in [0.15, 0.2) is 18.0 Å².